The zero-order valence-electron chi connectivity index (χ0n) is 7.39. The van der Waals surface area contributed by atoms with Crippen LogP contribution in [0.4, 0.5) is 0 Å². The largest absolute Gasteiger partial charge is 0.367 e. The summed E-state index contributed by atoms with van der Waals surface area (Å²) in [4.78, 5) is 3.00. The van der Waals surface area contributed by atoms with Crippen LogP contribution in [0.15, 0.2) is 18.5 Å². The second kappa shape index (κ2) is 2.70. The van der Waals surface area contributed by atoms with Crippen molar-refractivity contribution < 1.29 is 0 Å². The maximum absolute atomic E-state index is 6.00. The second-order valence-corrected chi connectivity index (χ2v) is 3.99. The highest BCUT2D eigenvalue weighted by atomic mass is 14.7. The number of nitrogens with one attached hydrogen (secondary N) is 1. The summed E-state index contributed by atoms with van der Waals surface area (Å²) in [5.74, 6) is 0. The molecular weight excluding hydrogens is 136 g/mol. The molecule has 1 aromatic heterocycles. The average molecular weight is 152 g/mol. The van der Waals surface area contributed by atoms with Gasteiger partial charge in [0.25, 0.3) is 0 Å². The van der Waals surface area contributed by atoms with Gasteiger partial charge in [-0.3, -0.25) is 0 Å². The van der Waals surface area contributed by atoms with Crippen molar-refractivity contribution in [1.82, 2.24) is 4.98 Å². The second-order valence-electron chi connectivity index (χ2n) is 3.99. The van der Waals surface area contributed by atoms with Crippen LogP contribution in [-0.2, 0) is 0 Å². The van der Waals surface area contributed by atoms with Crippen molar-refractivity contribution in [2.45, 2.75) is 26.8 Å². The van der Waals surface area contributed by atoms with Crippen molar-refractivity contribution >= 4 is 0 Å². The van der Waals surface area contributed by atoms with Crippen LogP contribution in [0, 0.1) is 5.41 Å². The summed E-state index contributed by atoms with van der Waals surface area (Å²) in [6.07, 6.45) is 3.86. The molecule has 0 aliphatic carbocycles. The van der Waals surface area contributed by atoms with Gasteiger partial charge in [0.15, 0.2) is 0 Å². The van der Waals surface area contributed by atoms with Gasteiger partial charge in [0.1, 0.15) is 0 Å². The molecule has 0 amide bonds. The van der Waals surface area contributed by atoms with Crippen LogP contribution >= 0.6 is 0 Å². The summed E-state index contributed by atoms with van der Waals surface area (Å²) in [5, 5.41) is 0. The number of aromatic amines is 1. The van der Waals surface area contributed by atoms with Crippen LogP contribution in [0.25, 0.3) is 0 Å². The Hall–Kier alpha value is -0.760. The molecule has 11 heavy (non-hydrogen) atoms. The number of aromatic nitrogens is 1. The number of H-pyrrole nitrogens is 1. The molecule has 0 aromatic carbocycles. The van der Waals surface area contributed by atoms with Crippen molar-refractivity contribution in [3.63, 3.8) is 0 Å². The standard InChI is InChI=1S/C9H16N2/c1-9(2,3)8(10)7-4-5-11-6-7/h4-6,8,11H,10H2,1-3H3. The zero-order valence-corrected chi connectivity index (χ0v) is 7.39. The molecule has 0 bridgehead atoms. The van der Waals surface area contributed by atoms with E-state index in [9.17, 15) is 0 Å². The maximum Gasteiger partial charge on any atom is 0.0359 e. The molecule has 0 aliphatic heterocycles. The lowest BCUT2D eigenvalue weighted by atomic mass is 9.84. The lowest BCUT2D eigenvalue weighted by Crippen LogP contribution is -2.25. The van der Waals surface area contributed by atoms with E-state index in [2.05, 4.69) is 25.8 Å². The van der Waals surface area contributed by atoms with E-state index < -0.39 is 0 Å². The number of nitrogens with two attached hydrogens (primary N) is 1. The first kappa shape index (κ1) is 8.34. The fourth-order valence-electron chi connectivity index (χ4n) is 1.03. The van der Waals surface area contributed by atoms with Crippen LogP contribution in [0.3, 0.4) is 0 Å². The predicted molar refractivity (Wildman–Crippen MR) is 47.2 cm³/mol. The molecule has 0 aliphatic rings. The number of hydrogen-bond acceptors (Lipinski definition) is 1. The van der Waals surface area contributed by atoms with Gasteiger partial charge in [-0.1, -0.05) is 20.8 Å². The first-order valence-corrected chi connectivity index (χ1v) is 3.90. The third-order valence-electron chi connectivity index (χ3n) is 1.91. The quantitative estimate of drug-likeness (QED) is 0.635. The molecule has 0 saturated heterocycles. The summed E-state index contributed by atoms with van der Waals surface area (Å²) in [6.45, 7) is 6.43. The van der Waals surface area contributed by atoms with E-state index in [1.807, 2.05) is 18.5 Å². The van der Waals surface area contributed by atoms with Crippen LogP contribution in [0.5, 0.6) is 0 Å². The van der Waals surface area contributed by atoms with Gasteiger partial charge >= 0.3 is 0 Å². The third kappa shape index (κ3) is 1.84. The minimum atomic E-state index is 0.119. The van der Waals surface area contributed by atoms with E-state index in [1.54, 1.807) is 0 Å². The normalized spacial score (nSPS) is 14.9. The molecule has 2 heteroatoms. The molecule has 1 aromatic rings. The van der Waals surface area contributed by atoms with E-state index >= 15 is 0 Å². The molecule has 0 saturated carbocycles. The lowest BCUT2D eigenvalue weighted by molar-refractivity contribution is 0.327. The monoisotopic (exact) mass is 152 g/mol. The maximum atomic E-state index is 6.00. The Balaban J connectivity index is 2.78. The van der Waals surface area contributed by atoms with Gasteiger partial charge in [-0.15, -0.1) is 0 Å². The molecule has 0 fully saturated rings. The molecule has 1 heterocycles. The summed E-state index contributed by atoms with van der Waals surface area (Å²) in [7, 11) is 0. The van der Waals surface area contributed by atoms with Crippen LogP contribution < -0.4 is 5.73 Å². The van der Waals surface area contributed by atoms with Crippen LogP contribution in [0.2, 0.25) is 0 Å². The van der Waals surface area contributed by atoms with E-state index in [0.717, 1.165) is 0 Å². The van der Waals surface area contributed by atoms with Gasteiger partial charge < -0.3 is 10.7 Å². The average Bonchev–Trinajstić information content (AvgIpc) is 2.34. The molecular formula is C9H16N2. The van der Waals surface area contributed by atoms with Gasteiger partial charge in [-0.25, -0.2) is 0 Å². The number of rotatable bonds is 1. The van der Waals surface area contributed by atoms with Crippen molar-refractivity contribution in [2.75, 3.05) is 0 Å². The van der Waals surface area contributed by atoms with Crippen molar-refractivity contribution in [3.05, 3.63) is 24.0 Å². The van der Waals surface area contributed by atoms with E-state index in [4.69, 9.17) is 5.73 Å². The highest BCUT2D eigenvalue weighted by molar-refractivity contribution is 5.15. The van der Waals surface area contributed by atoms with Crippen LogP contribution in [0.1, 0.15) is 32.4 Å². The third-order valence-corrected chi connectivity index (χ3v) is 1.91. The first-order valence-electron chi connectivity index (χ1n) is 3.90. The molecule has 0 spiro atoms. The molecule has 1 unspecified atom stereocenters. The highest BCUT2D eigenvalue weighted by Gasteiger charge is 2.21. The molecule has 2 nitrogen and oxygen atoms in total. The Kier molecular flexibility index (Phi) is 2.05. The summed E-state index contributed by atoms with van der Waals surface area (Å²) >= 11 is 0. The van der Waals surface area contributed by atoms with E-state index in [0.29, 0.717) is 0 Å². The minimum Gasteiger partial charge on any atom is -0.367 e. The SMILES string of the molecule is CC(C)(C)C(N)c1cc[nH]c1. The Morgan fingerprint density at radius 2 is 2.09 bits per heavy atom. The summed E-state index contributed by atoms with van der Waals surface area (Å²) in [5.41, 5.74) is 7.32. The van der Waals surface area contributed by atoms with Crippen LogP contribution in [-0.4, -0.2) is 4.98 Å². The zero-order chi connectivity index (χ0) is 8.48. The fraction of sp³-hybridized carbons (Fsp3) is 0.556. The molecule has 62 valence electrons. The van der Waals surface area contributed by atoms with Gasteiger partial charge in [0.05, 0.1) is 0 Å². The molecule has 0 radical (unpaired) electrons. The highest BCUT2D eigenvalue weighted by Crippen LogP contribution is 2.29. The van der Waals surface area contributed by atoms with E-state index in [1.165, 1.54) is 5.56 Å². The van der Waals surface area contributed by atoms with Gasteiger partial charge in [0.2, 0.25) is 0 Å². The number of hydrogen-bond donors (Lipinski definition) is 2. The first-order chi connectivity index (χ1) is 5.02. The van der Waals surface area contributed by atoms with Crippen molar-refractivity contribution in [1.29, 1.82) is 0 Å². The van der Waals surface area contributed by atoms with Gasteiger partial charge in [-0.05, 0) is 17.0 Å². The Bertz CT molecular complexity index is 206. The topological polar surface area (TPSA) is 41.8 Å². The van der Waals surface area contributed by atoms with Crippen molar-refractivity contribution in [2.24, 2.45) is 11.1 Å². The Labute approximate surface area is 67.8 Å². The van der Waals surface area contributed by atoms with Gasteiger partial charge in [-0.2, -0.15) is 0 Å². The van der Waals surface area contributed by atoms with E-state index in [-0.39, 0.29) is 11.5 Å². The molecule has 1 atom stereocenters. The predicted octanol–water partition coefficient (Wildman–Crippen LogP) is 2.06. The molecule has 1 rings (SSSR count). The fourth-order valence-corrected chi connectivity index (χ4v) is 1.03. The molecule has 3 N–H and O–H groups in total. The van der Waals surface area contributed by atoms with Crippen molar-refractivity contribution in [3.8, 4) is 0 Å². The Morgan fingerprint density at radius 3 is 2.45 bits per heavy atom. The minimum absolute atomic E-state index is 0.119. The van der Waals surface area contributed by atoms with Gasteiger partial charge in [0, 0.05) is 18.4 Å². The lowest BCUT2D eigenvalue weighted by Gasteiger charge is -2.26. The Morgan fingerprint density at radius 1 is 1.45 bits per heavy atom. The summed E-state index contributed by atoms with van der Waals surface area (Å²) in [6, 6.07) is 2.14. The summed E-state index contributed by atoms with van der Waals surface area (Å²) < 4.78 is 0. The smallest absolute Gasteiger partial charge is 0.0359 e.